The zero-order valence-corrected chi connectivity index (χ0v) is 13.3. The summed E-state index contributed by atoms with van der Waals surface area (Å²) in [5.74, 6) is -0.0907. The van der Waals surface area contributed by atoms with Crippen LogP contribution in [0.2, 0.25) is 10.3 Å². The summed E-state index contributed by atoms with van der Waals surface area (Å²) < 4.78 is 0. The summed E-state index contributed by atoms with van der Waals surface area (Å²) in [6.45, 7) is 3.95. The first-order valence-corrected chi connectivity index (χ1v) is 7.51. The number of hydrogen-bond acceptors (Lipinski definition) is 4. The van der Waals surface area contributed by atoms with Crippen molar-refractivity contribution < 1.29 is 4.79 Å². The van der Waals surface area contributed by atoms with Crippen LogP contribution in [0.25, 0.3) is 0 Å². The van der Waals surface area contributed by atoms with E-state index in [9.17, 15) is 4.79 Å². The Labute approximate surface area is 131 Å². The Balaban J connectivity index is 2.13. The molecule has 0 saturated carbocycles. The van der Waals surface area contributed by atoms with E-state index in [0.29, 0.717) is 16.9 Å². The van der Waals surface area contributed by atoms with Gasteiger partial charge >= 0.3 is 0 Å². The molecule has 0 aliphatic rings. The van der Waals surface area contributed by atoms with Gasteiger partial charge < -0.3 is 10.6 Å². The van der Waals surface area contributed by atoms with Crippen molar-refractivity contribution >= 4 is 51.8 Å². The van der Waals surface area contributed by atoms with Crippen molar-refractivity contribution in [1.29, 1.82) is 0 Å². The number of pyridine rings is 1. The van der Waals surface area contributed by atoms with Crippen molar-refractivity contribution in [2.24, 2.45) is 0 Å². The van der Waals surface area contributed by atoms with Gasteiger partial charge in [0, 0.05) is 11.8 Å². The fourth-order valence-corrected chi connectivity index (χ4v) is 3.12. The van der Waals surface area contributed by atoms with Gasteiger partial charge in [-0.3, -0.25) is 4.79 Å². The molecule has 2 heterocycles. The number of carbonyl (C=O) groups is 1. The molecule has 0 bridgehead atoms. The summed E-state index contributed by atoms with van der Waals surface area (Å²) >= 11 is 13.5. The number of anilines is 2. The molecule has 20 heavy (non-hydrogen) atoms. The molecular formula is C13H13Cl2N3OS. The topological polar surface area (TPSA) is 54.0 Å². The lowest BCUT2D eigenvalue weighted by Gasteiger charge is -2.11. The first-order chi connectivity index (χ1) is 9.47. The normalized spacial score (nSPS) is 10.4. The van der Waals surface area contributed by atoms with Crippen LogP contribution < -0.4 is 10.6 Å². The smallest absolute Gasteiger partial charge is 0.221 e. The molecule has 0 fully saturated rings. The number of carbonyl (C=O) groups excluding carboxylic acids is 1. The molecule has 2 N–H and O–H groups in total. The molecule has 0 atom stereocenters. The summed E-state index contributed by atoms with van der Waals surface area (Å²) in [5, 5.41) is 8.66. The number of aromatic nitrogens is 1. The second-order valence-electron chi connectivity index (χ2n) is 4.22. The van der Waals surface area contributed by atoms with Gasteiger partial charge in [-0.15, -0.1) is 11.3 Å². The van der Waals surface area contributed by atoms with Gasteiger partial charge in [0.1, 0.15) is 5.15 Å². The van der Waals surface area contributed by atoms with E-state index in [1.165, 1.54) is 6.92 Å². The summed E-state index contributed by atoms with van der Waals surface area (Å²) in [6.07, 6.45) is 0. The van der Waals surface area contributed by atoms with E-state index in [4.69, 9.17) is 23.2 Å². The molecule has 0 aromatic carbocycles. The summed E-state index contributed by atoms with van der Waals surface area (Å²) in [5.41, 5.74) is 2.48. The van der Waals surface area contributed by atoms with E-state index >= 15 is 0 Å². The Hall–Kier alpha value is -1.30. The van der Waals surface area contributed by atoms with Gasteiger partial charge in [0.15, 0.2) is 5.15 Å². The highest BCUT2D eigenvalue weighted by atomic mass is 35.5. The molecule has 7 heteroatoms. The highest BCUT2D eigenvalue weighted by Gasteiger charge is 2.10. The molecule has 106 valence electrons. The van der Waals surface area contributed by atoms with E-state index in [1.807, 2.05) is 18.4 Å². The SMILES string of the molecule is CC(=O)Nc1ccsc1CNc1c(C)cc(Cl)nc1Cl. The van der Waals surface area contributed by atoms with Crippen LogP contribution >= 0.6 is 34.5 Å². The number of nitrogens with zero attached hydrogens (tertiary/aromatic N) is 1. The average Bonchev–Trinajstić information content (AvgIpc) is 2.74. The van der Waals surface area contributed by atoms with E-state index in [0.717, 1.165) is 21.8 Å². The molecule has 0 spiro atoms. The molecule has 2 aromatic heterocycles. The number of amides is 1. The standard InChI is InChI=1S/C13H13Cl2N3OS/c1-7-5-11(14)18-13(15)12(7)16-6-10-9(3-4-20-10)17-8(2)19/h3-5,16H,6H2,1-2H3,(H,17,19). The van der Waals surface area contributed by atoms with Crippen molar-refractivity contribution in [1.82, 2.24) is 4.98 Å². The second-order valence-corrected chi connectivity index (χ2v) is 5.97. The number of aryl methyl sites for hydroxylation is 1. The Kier molecular flexibility index (Phi) is 4.86. The fourth-order valence-electron chi connectivity index (χ4n) is 1.76. The first kappa shape index (κ1) is 15.1. The van der Waals surface area contributed by atoms with Crippen molar-refractivity contribution in [3.8, 4) is 0 Å². The Bertz CT molecular complexity index is 619. The third-order valence-electron chi connectivity index (χ3n) is 2.62. The quantitative estimate of drug-likeness (QED) is 0.821. The number of thiophene rings is 1. The molecule has 1 amide bonds. The van der Waals surface area contributed by atoms with Crippen LogP contribution in [0.3, 0.4) is 0 Å². The maximum atomic E-state index is 11.1. The molecule has 0 unspecified atom stereocenters. The minimum absolute atomic E-state index is 0.0907. The lowest BCUT2D eigenvalue weighted by atomic mass is 10.2. The summed E-state index contributed by atoms with van der Waals surface area (Å²) in [7, 11) is 0. The van der Waals surface area contributed by atoms with E-state index in [-0.39, 0.29) is 5.91 Å². The van der Waals surface area contributed by atoms with E-state index in [2.05, 4.69) is 15.6 Å². The van der Waals surface area contributed by atoms with Crippen LogP contribution in [0.5, 0.6) is 0 Å². The van der Waals surface area contributed by atoms with Gasteiger partial charge in [0.2, 0.25) is 5.91 Å². The highest BCUT2D eigenvalue weighted by molar-refractivity contribution is 7.10. The van der Waals surface area contributed by atoms with E-state index < -0.39 is 0 Å². The third-order valence-corrected chi connectivity index (χ3v) is 4.01. The lowest BCUT2D eigenvalue weighted by molar-refractivity contribution is -0.114. The van der Waals surface area contributed by atoms with Crippen molar-refractivity contribution in [2.45, 2.75) is 20.4 Å². The van der Waals surface area contributed by atoms with Crippen molar-refractivity contribution in [2.75, 3.05) is 10.6 Å². The van der Waals surface area contributed by atoms with Crippen LogP contribution in [0.4, 0.5) is 11.4 Å². The Morgan fingerprint density at radius 3 is 2.85 bits per heavy atom. The molecule has 2 aromatic rings. The molecule has 4 nitrogen and oxygen atoms in total. The van der Waals surface area contributed by atoms with Crippen LogP contribution in [0, 0.1) is 6.92 Å². The largest absolute Gasteiger partial charge is 0.377 e. The molecule has 2 rings (SSSR count). The third kappa shape index (κ3) is 3.62. The van der Waals surface area contributed by atoms with Crippen molar-refractivity contribution in [3.05, 3.63) is 38.3 Å². The maximum absolute atomic E-state index is 11.1. The zero-order valence-electron chi connectivity index (χ0n) is 11.0. The number of hydrogen-bond donors (Lipinski definition) is 2. The number of nitrogens with one attached hydrogen (secondary N) is 2. The van der Waals surface area contributed by atoms with Gasteiger partial charge in [0.25, 0.3) is 0 Å². The van der Waals surface area contributed by atoms with Crippen molar-refractivity contribution in [3.63, 3.8) is 0 Å². The Morgan fingerprint density at radius 2 is 2.20 bits per heavy atom. The lowest BCUT2D eigenvalue weighted by Crippen LogP contribution is -2.08. The molecule has 0 aliphatic heterocycles. The van der Waals surface area contributed by atoms with Crippen LogP contribution in [0.1, 0.15) is 17.4 Å². The Morgan fingerprint density at radius 1 is 1.45 bits per heavy atom. The molecule has 0 saturated heterocycles. The first-order valence-electron chi connectivity index (χ1n) is 5.88. The number of halogens is 2. The average molecular weight is 330 g/mol. The predicted molar refractivity (Wildman–Crippen MR) is 84.9 cm³/mol. The number of rotatable bonds is 4. The second kappa shape index (κ2) is 6.43. The van der Waals surface area contributed by atoms with Gasteiger partial charge in [-0.25, -0.2) is 4.98 Å². The monoisotopic (exact) mass is 329 g/mol. The van der Waals surface area contributed by atoms with Crippen LogP contribution in [-0.4, -0.2) is 10.9 Å². The van der Waals surface area contributed by atoms with Crippen LogP contribution in [-0.2, 0) is 11.3 Å². The van der Waals surface area contributed by atoms with Gasteiger partial charge in [-0.2, -0.15) is 0 Å². The molecule has 0 aliphatic carbocycles. The predicted octanol–water partition coefficient (Wildman–Crippen LogP) is 4.33. The highest BCUT2D eigenvalue weighted by Crippen LogP contribution is 2.29. The summed E-state index contributed by atoms with van der Waals surface area (Å²) in [6, 6.07) is 3.62. The van der Waals surface area contributed by atoms with E-state index in [1.54, 1.807) is 17.4 Å². The van der Waals surface area contributed by atoms with Gasteiger partial charge in [-0.05, 0) is 30.0 Å². The van der Waals surface area contributed by atoms with Gasteiger partial charge in [-0.1, -0.05) is 23.2 Å². The van der Waals surface area contributed by atoms with Gasteiger partial charge in [0.05, 0.1) is 17.9 Å². The zero-order chi connectivity index (χ0) is 14.7. The van der Waals surface area contributed by atoms with Crippen LogP contribution in [0.15, 0.2) is 17.5 Å². The molecular weight excluding hydrogens is 317 g/mol. The fraction of sp³-hybridized carbons (Fsp3) is 0.231. The molecule has 0 radical (unpaired) electrons. The summed E-state index contributed by atoms with van der Waals surface area (Å²) in [4.78, 5) is 16.1. The maximum Gasteiger partial charge on any atom is 0.221 e. The minimum Gasteiger partial charge on any atom is -0.377 e. The minimum atomic E-state index is -0.0907.